The fraction of sp³-hybridized carbons (Fsp3) is 0.125. The van der Waals surface area contributed by atoms with Gasteiger partial charge in [-0.1, -0.05) is 42.5 Å². The minimum atomic E-state index is -4.64. The summed E-state index contributed by atoms with van der Waals surface area (Å²) >= 11 is 0. The number of anilines is 1. The standard InChI is InChI=1S/C24H18F3N5O3S/c25-24(26,27)14-32-21-10-16(6-7-18(21)22-19(23(32)33)11-29-30-22)17-8-9-28-12-20(17)31-36(34,35)13-15-4-2-1-3-5-15/h1-12,31H,13-14H2,(H,29,30). The summed E-state index contributed by atoms with van der Waals surface area (Å²) in [6, 6.07) is 14.8. The van der Waals surface area contributed by atoms with Gasteiger partial charge in [0.2, 0.25) is 10.0 Å². The maximum Gasteiger partial charge on any atom is 0.406 e. The van der Waals surface area contributed by atoms with Gasteiger partial charge in [-0.3, -0.25) is 24.2 Å². The lowest BCUT2D eigenvalue weighted by Crippen LogP contribution is -2.28. The summed E-state index contributed by atoms with van der Waals surface area (Å²) in [5.41, 5.74) is 1.04. The van der Waals surface area contributed by atoms with Crippen LogP contribution in [0.15, 0.2) is 78.0 Å². The number of benzene rings is 2. The fourth-order valence-electron chi connectivity index (χ4n) is 4.10. The van der Waals surface area contributed by atoms with Crippen LogP contribution in [0.25, 0.3) is 32.9 Å². The van der Waals surface area contributed by atoms with Crippen molar-refractivity contribution in [3.05, 3.63) is 89.1 Å². The van der Waals surface area contributed by atoms with E-state index in [0.717, 1.165) is 0 Å². The van der Waals surface area contributed by atoms with Crippen molar-refractivity contribution >= 4 is 37.5 Å². The highest BCUT2D eigenvalue weighted by molar-refractivity contribution is 7.91. The van der Waals surface area contributed by atoms with E-state index in [1.807, 2.05) is 0 Å². The number of sulfonamides is 1. The fourth-order valence-corrected chi connectivity index (χ4v) is 5.30. The van der Waals surface area contributed by atoms with Crippen molar-refractivity contribution in [2.45, 2.75) is 18.5 Å². The average Bonchev–Trinajstić information content (AvgIpc) is 3.32. The van der Waals surface area contributed by atoms with Crippen LogP contribution in [0, 0.1) is 0 Å². The van der Waals surface area contributed by atoms with Gasteiger partial charge in [-0.05, 0) is 23.3 Å². The van der Waals surface area contributed by atoms with Crippen LogP contribution < -0.4 is 10.3 Å². The Bertz CT molecular complexity index is 1750. The highest BCUT2D eigenvalue weighted by Gasteiger charge is 2.30. The molecule has 0 atom stereocenters. The first-order valence-electron chi connectivity index (χ1n) is 10.7. The smallest absolute Gasteiger partial charge is 0.298 e. The number of nitrogens with one attached hydrogen (secondary N) is 2. The van der Waals surface area contributed by atoms with Gasteiger partial charge in [0, 0.05) is 17.1 Å². The van der Waals surface area contributed by atoms with E-state index in [2.05, 4.69) is 19.9 Å². The summed E-state index contributed by atoms with van der Waals surface area (Å²) in [7, 11) is -3.83. The van der Waals surface area contributed by atoms with Crippen LogP contribution in [-0.2, 0) is 22.3 Å². The molecule has 0 aliphatic heterocycles. The van der Waals surface area contributed by atoms with Crippen LogP contribution in [-0.4, -0.2) is 34.3 Å². The highest BCUT2D eigenvalue weighted by Crippen LogP contribution is 2.33. The van der Waals surface area contributed by atoms with Crippen molar-refractivity contribution in [2.75, 3.05) is 4.72 Å². The van der Waals surface area contributed by atoms with Crippen LogP contribution in [0.3, 0.4) is 0 Å². The average molecular weight is 514 g/mol. The lowest BCUT2D eigenvalue weighted by molar-refractivity contribution is -0.140. The summed E-state index contributed by atoms with van der Waals surface area (Å²) < 4.78 is 68.9. The third-order valence-corrected chi connectivity index (χ3v) is 6.85. The van der Waals surface area contributed by atoms with Crippen LogP contribution >= 0.6 is 0 Å². The number of nitrogens with zero attached hydrogens (tertiary/aromatic N) is 3. The third kappa shape index (κ3) is 4.67. The molecule has 8 nitrogen and oxygen atoms in total. The Hall–Kier alpha value is -4.19. The minimum absolute atomic E-state index is 0.0291. The van der Waals surface area contributed by atoms with Gasteiger partial charge in [0.05, 0.1) is 40.3 Å². The van der Waals surface area contributed by atoms with Crippen molar-refractivity contribution in [3.63, 3.8) is 0 Å². The normalized spacial score (nSPS) is 12.3. The molecule has 3 aromatic heterocycles. The summed E-state index contributed by atoms with van der Waals surface area (Å²) in [5, 5.41) is 6.90. The summed E-state index contributed by atoms with van der Waals surface area (Å²) in [6.45, 7) is -1.49. The van der Waals surface area contributed by atoms with E-state index >= 15 is 0 Å². The monoisotopic (exact) mass is 513 g/mol. The van der Waals surface area contributed by atoms with E-state index in [9.17, 15) is 26.4 Å². The van der Waals surface area contributed by atoms with E-state index in [4.69, 9.17) is 0 Å². The van der Waals surface area contributed by atoms with E-state index in [-0.39, 0.29) is 22.3 Å². The first-order valence-corrected chi connectivity index (χ1v) is 12.3. The van der Waals surface area contributed by atoms with Gasteiger partial charge in [0.15, 0.2) is 0 Å². The molecule has 0 radical (unpaired) electrons. The second-order valence-electron chi connectivity index (χ2n) is 8.17. The van der Waals surface area contributed by atoms with Crippen molar-refractivity contribution < 1.29 is 21.6 Å². The van der Waals surface area contributed by atoms with Gasteiger partial charge in [-0.25, -0.2) is 8.42 Å². The number of aromatic nitrogens is 4. The SMILES string of the molecule is O=c1c2cn[nH]c2c2ccc(-c3ccncc3NS(=O)(=O)Cc3ccccc3)cc2n1CC(F)(F)F. The lowest BCUT2D eigenvalue weighted by atomic mass is 10.0. The summed E-state index contributed by atoms with van der Waals surface area (Å²) in [6.07, 6.45) is -0.683. The molecular weight excluding hydrogens is 495 g/mol. The van der Waals surface area contributed by atoms with Gasteiger partial charge >= 0.3 is 6.18 Å². The zero-order valence-electron chi connectivity index (χ0n) is 18.5. The van der Waals surface area contributed by atoms with Gasteiger partial charge in [0.25, 0.3) is 5.56 Å². The number of H-pyrrole nitrogens is 1. The zero-order valence-corrected chi connectivity index (χ0v) is 19.3. The topological polar surface area (TPSA) is 110 Å². The number of fused-ring (bicyclic) bond motifs is 3. The van der Waals surface area contributed by atoms with Crippen LogP contribution in [0.1, 0.15) is 5.56 Å². The molecule has 0 saturated carbocycles. The Balaban J connectivity index is 1.62. The molecule has 12 heteroatoms. The molecule has 3 heterocycles. The second-order valence-corrected chi connectivity index (χ2v) is 9.89. The molecule has 0 aliphatic carbocycles. The summed E-state index contributed by atoms with van der Waals surface area (Å²) in [4.78, 5) is 16.9. The Kier molecular flexibility index (Phi) is 5.75. The number of hydrogen-bond acceptors (Lipinski definition) is 5. The quantitative estimate of drug-likeness (QED) is 0.349. The Labute approximate surface area is 202 Å². The molecule has 36 heavy (non-hydrogen) atoms. The second kappa shape index (κ2) is 8.79. The molecule has 0 spiro atoms. The zero-order chi connectivity index (χ0) is 25.5. The molecule has 2 aromatic carbocycles. The maximum absolute atomic E-state index is 13.4. The van der Waals surface area contributed by atoms with Crippen molar-refractivity contribution in [2.24, 2.45) is 0 Å². The molecule has 2 N–H and O–H groups in total. The van der Waals surface area contributed by atoms with Gasteiger partial charge < -0.3 is 0 Å². The Morgan fingerprint density at radius 3 is 2.53 bits per heavy atom. The van der Waals surface area contributed by atoms with E-state index < -0.39 is 28.3 Å². The number of hydrogen-bond donors (Lipinski definition) is 2. The molecule has 0 aliphatic rings. The summed E-state index contributed by atoms with van der Waals surface area (Å²) in [5.74, 6) is -0.275. The van der Waals surface area contributed by atoms with Gasteiger partial charge in [-0.15, -0.1) is 0 Å². The number of pyridine rings is 2. The molecule has 184 valence electrons. The number of alkyl halides is 3. The molecule has 0 saturated heterocycles. The van der Waals surface area contributed by atoms with Crippen LogP contribution in [0.5, 0.6) is 0 Å². The molecule has 5 aromatic rings. The van der Waals surface area contributed by atoms with Crippen LogP contribution in [0.4, 0.5) is 18.9 Å². The molecule has 0 amide bonds. The molecule has 5 rings (SSSR count). The molecule has 0 unspecified atom stereocenters. The minimum Gasteiger partial charge on any atom is -0.298 e. The third-order valence-electron chi connectivity index (χ3n) is 5.61. The molecular formula is C24H18F3N5O3S. The predicted molar refractivity (Wildman–Crippen MR) is 130 cm³/mol. The van der Waals surface area contributed by atoms with Gasteiger partial charge in [0.1, 0.15) is 6.54 Å². The van der Waals surface area contributed by atoms with E-state index in [1.165, 1.54) is 24.7 Å². The predicted octanol–water partition coefficient (Wildman–Crippen LogP) is 4.44. The van der Waals surface area contributed by atoms with E-state index in [0.29, 0.717) is 32.2 Å². The molecule has 0 bridgehead atoms. The first-order chi connectivity index (χ1) is 17.1. The maximum atomic E-state index is 13.4. The first kappa shape index (κ1) is 23.5. The Morgan fingerprint density at radius 2 is 1.78 bits per heavy atom. The largest absolute Gasteiger partial charge is 0.406 e. The highest BCUT2D eigenvalue weighted by atomic mass is 32.2. The number of rotatable bonds is 6. The number of aromatic amines is 1. The van der Waals surface area contributed by atoms with E-state index in [1.54, 1.807) is 48.5 Å². The van der Waals surface area contributed by atoms with Crippen LogP contribution in [0.2, 0.25) is 0 Å². The lowest BCUT2D eigenvalue weighted by Gasteiger charge is -2.16. The van der Waals surface area contributed by atoms with Crippen molar-refractivity contribution in [1.29, 1.82) is 0 Å². The Morgan fingerprint density at radius 1 is 1.00 bits per heavy atom. The molecule has 0 fully saturated rings. The van der Waals surface area contributed by atoms with Gasteiger partial charge in [-0.2, -0.15) is 18.3 Å². The van der Waals surface area contributed by atoms with Crippen molar-refractivity contribution in [1.82, 2.24) is 19.7 Å². The number of halogens is 3. The van der Waals surface area contributed by atoms with Crippen molar-refractivity contribution in [3.8, 4) is 11.1 Å².